The highest BCUT2D eigenvalue weighted by atomic mass is 15.2. The number of benzene rings is 2. The van der Waals surface area contributed by atoms with Crippen molar-refractivity contribution in [2.45, 2.75) is 39.2 Å². The van der Waals surface area contributed by atoms with Crippen molar-refractivity contribution in [3.05, 3.63) is 48.0 Å². The van der Waals surface area contributed by atoms with Gasteiger partial charge in [-0.2, -0.15) is 0 Å². The number of hydrogen-bond acceptors (Lipinski definition) is 2. The van der Waals surface area contributed by atoms with E-state index in [0.29, 0.717) is 12.0 Å². The summed E-state index contributed by atoms with van der Waals surface area (Å²) in [5.41, 5.74) is 4.32. The Morgan fingerprint density at radius 1 is 1.11 bits per heavy atom. The number of fused-ring (bicyclic) bond motifs is 1. The molecule has 0 aliphatic rings. The second kappa shape index (κ2) is 6.69. The minimum atomic E-state index is 0.358. The SMILES string of the molecule is CCC(C)CC(Cc1ccc2ccccc2c1)NN. The molecule has 2 aromatic carbocycles. The lowest BCUT2D eigenvalue weighted by Gasteiger charge is -2.19. The highest BCUT2D eigenvalue weighted by molar-refractivity contribution is 5.82. The van der Waals surface area contributed by atoms with Gasteiger partial charge in [-0.15, -0.1) is 0 Å². The molecule has 2 rings (SSSR count). The zero-order valence-electron chi connectivity index (χ0n) is 11.9. The van der Waals surface area contributed by atoms with Crippen molar-refractivity contribution in [1.82, 2.24) is 5.43 Å². The summed E-state index contributed by atoms with van der Waals surface area (Å²) in [6.45, 7) is 4.51. The van der Waals surface area contributed by atoms with Gasteiger partial charge in [0.25, 0.3) is 0 Å². The molecule has 0 spiro atoms. The summed E-state index contributed by atoms with van der Waals surface area (Å²) < 4.78 is 0. The van der Waals surface area contributed by atoms with Gasteiger partial charge in [0, 0.05) is 6.04 Å². The van der Waals surface area contributed by atoms with Crippen LogP contribution in [-0.4, -0.2) is 6.04 Å². The van der Waals surface area contributed by atoms with Crippen molar-refractivity contribution in [1.29, 1.82) is 0 Å². The van der Waals surface area contributed by atoms with Crippen LogP contribution in [0.5, 0.6) is 0 Å². The number of hydrazine groups is 1. The Labute approximate surface area is 116 Å². The summed E-state index contributed by atoms with van der Waals surface area (Å²) in [4.78, 5) is 0. The molecule has 0 aliphatic heterocycles. The van der Waals surface area contributed by atoms with Gasteiger partial charge >= 0.3 is 0 Å². The topological polar surface area (TPSA) is 38.0 Å². The van der Waals surface area contributed by atoms with Crippen LogP contribution >= 0.6 is 0 Å². The zero-order chi connectivity index (χ0) is 13.7. The van der Waals surface area contributed by atoms with Gasteiger partial charge in [-0.1, -0.05) is 62.7 Å². The first-order valence-corrected chi connectivity index (χ1v) is 7.16. The lowest BCUT2D eigenvalue weighted by Crippen LogP contribution is -2.37. The molecule has 0 bridgehead atoms. The van der Waals surface area contributed by atoms with Crippen LogP contribution in [0.1, 0.15) is 32.3 Å². The van der Waals surface area contributed by atoms with E-state index in [-0.39, 0.29) is 0 Å². The van der Waals surface area contributed by atoms with Gasteiger partial charge in [0.2, 0.25) is 0 Å². The van der Waals surface area contributed by atoms with E-state index in [1.165, 1.54) is 22.8 Å². The number of rotatable bonds is 6. The van der Waals surface area contributed by atoms with Crippen molar-refractivity contribution < 1.29 is 0 Å². The second-order valence-corrected chi connectivity index (χ2v) is 5.50. The largest absolute Gasteiger partial charge is 0.271 e. The van der Waals surface area contributed by atoms with Crippen LogP contribution in [0, 0.1) is 5.92 Å². The lowest BCUT2D eigenvalue weighted by atomic mass is 9.94. The van der Waals surface area contributed by atoms with Gasteiger partial charge in [-0.3, -0.25) is 11.3 Å². The molecule has 0 fully saturated rings. The highest BCUT2D eigenvalue weighted by Crippen LogP contribution is 2.18. The first-order chi connectivity index (χ1) is 9.22. The van der Waals surface area contributed by atoms with Crippen LogP contribution in [0.15, 0.2) is 42.5 Å². The molecule has 2 atom stereocenters. The number of nitrogens with one attached hydrogen (secondary N) is 1. The van der Waals surface area contributed by atoms with E-state index in [9.17, 15) is 0 Å². The molecule has 0 saturated carbocycles. The van der Waals surface area contributed by atoms with E-state index >= 15 is 0 Å². The molecular weight excluding hydrogens is 232 g/mol. The standard InChI is InChI=1S/C17H24N2/c1-3-13(2)10-17(19-18)12-14-8-9-15-6-4-5-7-16(15)11-14/h4-9,11,13,17,19H,3,10,12,18H2,1-2H3. The third-order valence-corrected chi connectivity index (χ3v) is 3.92. The van der Waals surface area contributed by atoms with Crippen molar-refractivity contribution in [3.63, 3.8) is 0 Å². The third-order valence-electron chi connectivity index (χ3n) is 3.92. The average Bonchev–Trinajstić information content (AvgIpc) is 2.46. The van der Waals surface area contributed by atoms with Crippen molar-refractivity contribution >= 4 is 10.8 Å². The van der Waals surface area contributed by atoms with E-state index in [1.807, 2.05) is 0 Å². The Kier molecular flexibility index (Phi) is 4.94. The Hall–Kier alpha value is -1.38. The van der Waals surface area contributed by atoms with E-state index in [0.717, 1.165) is 12.8 Å². The smallest absolute Gasteiger partial charge is 0.0253 e. The molecule has 0 aliphatic carbocycles. The van der Waals surface area contributed by atoms with Gasteiger partial charge in [0.1, 0.15) is 0 Å². The summed E-state index contributed by atoms with van der Waals surface area (Å²) >= 11 is 0. The minimum Gasteiger partial charge on any atom is -0.271 e. The fourth-order valence-corrected chi connectivity index (χ4v) is 2.51. The zero-order valence-corrected chi connectivity index (χ0v) is 11.9. The van der Waals surface area contributed by atoms with Crippen LogP contribution < -0.4 is 11.3 Å². The fraction of sp³-hybridized carbons (Fsp3) is 0.412. The van der Waals surface area contributed by atoms with Gasteiger partial charge in [-0.25, -0.2) is 0 Å². The second-order valence-electron chi connectivity index (χ2n) is 5.50. The van der Waals surface area contributed by atoms with E-state index in [1.54, 1.807) is 0 Å². The normalized spacial score (nSPS) is 14.5. The van der Waals surface area contributed by atoms with Crippen molar-refractivity contribution in [2.75, 3.05) is 0 Å². The van der Waals surface area contributed by atoms with Crippen molar-refractivity contribution in [3.8, 4) is 0 Å². The molecule has 3 N–H and O–H groups in total. The Morgan fingerprint density at radius 3 is 2.53 bits per heavy atom. The predicted octanol–water partition coefficient (Wildman–Crippen LogP) is 3.65. The maximum absolute atomic E-state index is 5.69. The summed E-state index contributed by atoms with van der Waals surface area (Å²) in [7, 11) is 0. The molecule has 0 aromatic heterocycles. The summed E-state index contributed by atoms with van der Waals surface area (Å²) in [6, 6.07) is 15.5. The molecule has 2 nitrogen and oxygen atoms in total. The Balaban J connectivity index is 2.10. The van der Waals surface area contributed by atoms with Crippen LogP contribution in [0.4, 0.5) is 0 Å². The van der Waals surface area contributed by atoms with Crippen LogP contribution in [-0.2, 0) is 6.42 Å². The molecular formula is C17H24N2. The monoisotopic (exact) mass is 256 g/mol. The first-order valence-electron chi connectivity index (χ1n) is 7.16. The Bertz CT molecular complexity index is 521. The molecule has 102 valence electrons. The van der Waals surface area contributed by atoms with E-state index < -0.39 is 0 Å². The average molecular weight is 256 g/mol. The molecule has 2 heteroatoms. The highest BCUT2D eigenvalue weighted by Gasteiger charge is 2.11. The molecule has 19 heavy (non-hydrogen) atoms. The van der Waals surface area contributed by atoms with E-state index in [4.69, 9.17) is 5.84 Å². The van der Waals surface area contributed by atoms with Gasteiger partial charge in [0.15, 0.2) is 0 Å². The quantitative estimate of drug-likeness (QED) is 0.611. The van der Waals surface area contributed by atoms with Gasteiger partial charge in [0.05, 0.1) is 0 Å². The molecule has 0 saturated heterocycles. The molecule has 0 amide bonds. The van der Waals surface area contributed by atoms with Gasteiger partial charge < -0.3 is 0 Å². The minimum absolute atomic E-state index is 0.358. The molecule has 0 radical (unpaired) electrons. The Morgan fingerprint density at radius 2 is 1.84 bits per heavy atom. The summed E-state index contributed by atoms with van der Waals surface area (Å²) in [5, 5.41) is 2.60. The predicted molar refractivity (Wildman–Crippen MR) is 82.8 cm³/mol. The van der Waals surface area contributed by atoms with Crippen LogP contribution in [0.25, 0.3) is 10.8 Å². The van der Waals surface area contributed by atoms with Gasteiger partial charge in [-0.05, 0) is 35.1 Å². The van der Waals surface area contributed by atoms with Crippen LogP contribution in [0.3, 0.4) is 0 Å². The summed E-state index contributed by atoms with van der Waals surface area (Å²) in [6.07, 6.45) is 3.32. The number of hydrogen-bond donors (Lipinski definition) is 2. The lowest BCUT2D eigenvalue weighted by molar-refractivity contribution is 0.396. The summed E-state index contributed by atoms with van der Waals surface area (Å²) in [5.74, 6) is 6.40. The maximum atomic E-state index is 5.69. The third kappa shape index (κ3) is 3.79. The molecule has 2 unspecified atom stereocenters. The van der Waals surface area contributed by atoms with Crippen LogP contribution in [0.2, 0.25) is 0 Å². The molecule has 0 heterocycles. The van der Waals surface area contributed by atoms with E-state index in [2.05, 4.69) is 61.7 Å². The molecule has 2 aromatic rings. The first kappa shape index (κ1) is 14.0. The maximum Gasteiger partial charge on any atom is 0.0253 e. The number of nitrogens with two attached hydrogens (primary N) is 1. The fourth-order valence-electron chi connectivity index (χ4n) is 2.51. The van der Waals surface area contributed by atoms with Crippen molar-refractivity contribution in [2.24, 2.45) is 11.8 Å².